The van der Waals surface area contributed by atoms with Crippen LogP contribution in [0, 0.1) is 0 Å². The molecule has 2 nitrogen and oxygen atoms in total. The molecule has 15 heavy (non-hydrogen) atoms. The molecule has 1 aliphatic carbocycles. The first-order valence-corrected chi connectivity index (χ1v) is 5.35. The Morgan fingerprint density at radius 1 is 1.13 bits per heavy atom. The number of benzene rings is 1. The summed E-state index contributed by atoms with van der Waals surface area (Å²) in [7, 11) is 0. The van der Waals surface area contributed by atoms with E-state index >= 15 is 0 Å². The number of nitrogens with zero attached hydrogens (tertiary/aromatic N) is 2. The lowest BCUT2D eigenvalue weighted by molar-refractivity contribution is 0.884. The molecule has 3 heteroatoms. The number of allylic oxidation sites excluding steroid dienone is 1. The van der Waals surface area contributed by atoms with Crippen LogP contribution in [0.25, 0.3) is 17.1 Å². The highest BCUT2D eigenvalue weighted by molar-refractivity contribution is 6.21. The Labute approximate surface area is 92.6 Å². The van der Waals surface area contributed by atoms with Crippen molar-refractivity contribution in [1.82, 2.24) is 9.97 Å². The van der Waals surface area contributed by atoms with Gasteiger partial charge in [-0.15, -0.1) is 11.6 Å². The minimum absolute atomic E-state index is 0.0397. The predicted molar refractivity (Wildman–Crippen MR) is 61.8 cm³/mol. The molecule has 0 saturated heterocycles. The molecule has 1 aliphatic rings. The van der Waals surface area contributed by atoms with Crippen LogP contribution in [0.3, 0.4) is 0 Å². The van der Waals surface area contributed by atoms with E-state index in [9.17, 15) is 0 Å². The maximum atomic E-state index is 6.19. The Morgan fingerprint density at radius 2 is 1.87 bits per heavy atom. The van der Waals surface area contributed by atoms with Crippen LogP contribution < -0.4 is 0 Å². The molecule has 0 fully saturated rings. The number of halogens is 1. The van der Waals surface area contributed by atoms with Gasteiger partial charge >= 0.3 is 0 Å². The van der Waals surface area contributed by atoms with E-state index in [0.717, 1.165) is 28.8 Å². The average Bonchev–Trinajstić information content (AvgIpc) is 2.27. The lowest BCUT2D eigenvalue weighted by atomic mass is 10.1. The number of alkyl halides is 1. The number of rotatable bonds is 0. The van der Waals surface area contributed by atoms with Crippen LogP contribution in [-0.4, -0.2) is 9.97 Å². The molecule has 1 aromatic carbocycles. The van der Waals surface area contributed by atoms with Crippen molar-refractivity contribution in [2.24, 2.45) is 0 Å². The summed E-state index contributed by atoms with van der Waals surface area (Å²) in [4.78, 5) is 9.08. The van der Waals surface area contributed by atoms with Crippen molar-refractivity contribution >= 4 is 28.7 Å². The Bertz CT molecular complexity index is 548. The van der Waals surface area contributed by atoms with Crippen molar-refractivity contribution in [3.8, 4) is 0 Å². The van der Waals surface area contributed by atoms with Crippen molar-refractivity contribution < 1.29 is 0 Å². The largest absolute Gasteiger partial charge is 0.247 e. The molecule has 0 amide bonds. The molecule has 2 aromatic rings. The summed E-state index contributed by atoms with van der Waals surface area (Å²) in [6, 6.07) is 7.86. The van der Waals surface area contributed by atoms with Gasteiger partial charge in [0.2, 0.25) is 0 Å². The van der Waals surface area contributed by atoms with Gasteiger partial charge in [0.05, 0.1) is 27.8 Å². The first-order valence-electron chi connectivity index (χ1n) is 4.92. The van der Waals surface area contributed by atoms with Crippen molar-refractivity contribution in [2.75, 3.05) is 0 Å². The second-order valence-corrected chi connectivity index (χ2v) is 4.12. The van der Waals surface area contributed by atoms with E-state index in [1.165, 1.54) is 0 Å². The highest BCUT2D eigenvalue weighted by atomic mass is 35.5. The molecule has 0 N–H and O–H groups in total. The third-order valence-corrected chi connectivity index (χ3v) is 2.93. The Morgan fingerprint density at radius 3 is 2.67 bits per heavy atom. The summed E-state index contributed by atoms with van der Waals surface area (Å²) in [5.41, 5.74) is 3.64. The predicted octanol–water partition coefficient (Wildman–Crippen LogP) is 3.33. The lowest BCUT2D eigenvalue weighted by Gasteiger charge is -2.14. The van der Waals surface area contributed by atoms with Gasteiger partial charge in [0.25, 0.3) is 0 Å². The topological polar surface area (TPSA) is 25.8 Å². The van der Waals surface area contributed by atoms with Gasteiger partial charge < -0.3 is 0 Å². The van der Waals surface area contributed by atoms with E-state index < -0.39 is 0 Å². The molecule has 1 aromatic heterocycles. The van der Waals surface area contributed by atoms with Crippen LogP contribution in [0.2, 0.25) is 0 Å². The number of para-hydroxylation sites is 2. The number of aromatic nitrogens is 2. The SMILES string of the molecule is ClC1CC=Cc2nc3ccccc3nc21. The highest BCUT2D eigenvalue weighted by Crippen LogP contribution is 2.31. The molecular formula is C12H9ClN2. The van der Waals surface area contributed by atoms with Gasteiger partial charge in [-0.1, -0.05) is 18.2 Å². The van der Waals surface area contributed by atoms with Crippen LogP contribution in [0.1, 0.15) is 23.2 Å². The molecule has 3 rings (SSSR count). The van der Waals surface area contributed by atoms with Gasteiger partial charge in [0.15, 0.2) is 0 Å². The summed E-state index contributed by atoms with van der Waals surface area (Å²) >= 11 is 6.19. The van der Waals surface area contributed by atoms with Gasteiger partial charge in [-0.3, -0.25) is 0 Å². The zero-order chi connectivity index (χ0) is 10.3. The van der Waals surface area contributed by atoms with Crippen molar-refractivity contribution in [2.45, 2.75) is 11.8 Å². The normalized spacial score (nSPS) is 19.1. The standard InChI is InChI=1S/C12H9ClN2/c13-8-4-3-7-11-12(8)15-10-6-2-1-5-9(10)14-11/h1-3,5-8H,4H2. The maximum Gasteiger partial charge on any atom is 0.0894 e. The van der Waals surface area contributed by atoms with Crippen molar-refractivity contribution in [3.63, 3.8) is 0 Å². The van der Waals surface area contributed by atoms with E-state index in [-0.39, 0.29) is 5.38 Å². The second kappa shape index (κ2) is 3.31. The van der Waals surface area contributed by atoms with Gasteiger partial charge in [-0.05, 0) is 24.6 Å². The van der Waals surface area contributed by atoms with Gasteiger partial charge in [-0.2, -0.15) is 0 Å². The smallest absolute Gasteiger partial charge is 0.0894 e. The van der Waals surface area contributed by atoms with Crippen molar-refractivity contribution in [1.29, 1.82) is 0 Å². The summed E-state index contributed by atoms with van der Waals surface area (Å²) in [5.74, 6) is 0. The summed E-state index contributed by atoms with van der Waals surface area (Å²) in [6.45, 7) is 0. The fourth-order valence-electron chi connectivity index (χ4n) is 1.79. The number of fused-ring (bicyclic) bond motifs is 2. The van der Waals surface area contributed by atoms with Crippen LogP contribution in [0.15, 0.2) is 30.3 Å². The molecule has 0 radical (unpaired) electrons. The first-order chi connectivity index (χ1) is 7.34. The Kier molecular flexibility index (Phi) is 1.96. The van der Waals surface area contributed by atoms with E-state index in [4.69, 9.17) is 11.6 Å². The van der Waals surface area contributed by atoms with Crippen LogP contribution in [0.5, 0.6) is 0 Å². The fraction of sp³-hybridized carbons (Fsp3) is 0.167. The quantitative estimate of drug-likeness (QED) is 0.632. The summed E-state index contributed by atoms with van der Waals surface area (Å²) in [6.07, 6.45) is 4.87. The molecule has 1 atom stereocenters. The molecule has 0 bridgehead atoms. The zero-order valence-corrected chi connectivity index (χ0v) is 8.78. The summed E-state index contributed by atoms with van der Waals surface area (Å²) in [5, 5.41) is -0.0397. The average molecular weight is 217 g/mol. The Balaban J connectivity index is 2.33. The monoisotopic (exact) mass is 216 g/mol. The van der Waals surface area contributed by atoms with Gasteiger partial charge in [0, 0.05) is 0 Å². The first kappa shape index (κ1) is 8.86. The molecule has 0 saturated carbocycles. The molecule has 1 heterocycles. The minimum atomic E-state index is -0.0397. The fourth-order valence-corrected chi connectivity index (χ4v) is 2.05. The lowest BCUT2D eigenvalue weighted by Crippen LogP contribution is -2.04. The minimum Gasteiger partial charge on any atom is -0.247 e. The highest BCUT2D eigenvalue weighted by Gasteiger charge is 2.17. The number of hydrogen-bond donors (Lipinski definition) is 0. The third-order valence-electron chi connectivity index (χ3n) is 2.54. The van der Waals surface area contributed by atoms with Crippen LogP contribution in [0.4, 0.5) is 0 Å². The maximum absolute atomic E-state index is 6.19. The molecule has 0 aliphatic heterocycles. The molecular weight excluding hydrogens is 208 g/mol. The molecule has 0 spiro atoms. The Hall–Kier alpha value is -1.41. The third kappa shape index (κ3) is 1.41. The van der Waals surface area contributed by atoms with Gasteiger partial charge in [-0.25, -0.2) is 9.97 Å². The van der Waals surface area contributed by atoms with E-state index in [1.54, 1.807) is 0 Å². The zero-order valence-electron chi connectivity index (χ0n) is 8.02. The van der Waals surface area contributed by atoms with Crippen LogP contribution >= 0.6 is 11.6 Å². The number of hydrogen-bond acceptors (Lipinski definition) is 2. The van der Waals surface area contributed by atoms with Crippen molar-refractivity contribution in [3.05, 3.63) is 41.7 Å². The second-order valence-electron chi connectivity index (χ2n) is 3.59. The van der Waals surface area contributed by atoms with Crippen LogP contribution in [-0.2, 0) is 0 Å². The molecule has 74 valence electrons. The molecule has 1 unspecified atom stereocenters. The van der Waals surface area contributed by atoms with E-state index in [1.807, 2.05) is 36.4 Å². The van der Waals surface area contributed by atoms with E-state index in [0.29, 0.717) is 0 Å². The van der Waals surface area contributed by atoms with E-state index in [2.05, 4.69) is 9.97 Å². The van der Waals surface area contributed by atoms with Gasteiger partial charge in [0.1, 0.15) is 0 Å². The summed E-state index contributed by atoms with van der Waals surface area (Å²) < 4.78 is 0.